The molecule has 0 spiro atoms. The largest absolute Gasteiger partial charge is 0.380 e. The molecule has 0 aromatic heterocycles. The Kier molecular flexibility index (Phi) is 9.87. The van der Waals surface area contributed by atoms with Crippen molar-refractivity contribution in [3.05, 3.63) is 30.3 Å². The molecule has 5 heteroatoms. The molecule has 0 fully saturated rings. The smallest absolute Gasteiger partial charge is 0.191 e. The quantitative estimate of drug-likeness (QED) is 0.395. The average molecular weight is 306 g/mol. The van der Waals surface area contributed by atoms with Gasteiger partial charge in [-0.1, -0.05) is 18.2 Å². The van der Waals surface area contributed by atoms with E-state index in [1.807, 2.05) is 6.92 Å². The molecule has 22 heavy (non-hydrogen) atoms. The zero-order valence-corrected chi connectivity index (χ0v) is 14.1. The summed E-state index contributed by atoms with van der Waals surface area (Å²) in [5, 5.41) is 6.57. The molecular weight excluding hydrogens is 276 g/mol. The highest BCUT2D eigenvalue weighted by Gasteiger charge is 2.03. The molecule has 5 nitrogen and oxygen atoms in total. The van der Waals surface area contributed by atoms with Crippen LogP contribution in [0.4, 0.5) is 5.69 Å². The van der Waals surface area contributed by atoms with Crippen molar-refractivity contribution < 1.29 is 4.74 Å². The second kappa shape index (κ2) is 11.9. The number of nitrogens with one attached hydrogen (secondary N) is 2. The maximum atomic E-state index is 5.30. The van der Waals surface area contributed by atoms with E-state index in [0.717, 1.165) is 45.2 Å². The lowest BCUT2D eigenvalue weighted by Gasteiger charge is -2.23. The highest BCUT2D eigenvalue weighted by molar-refractivity contribution is 5.79. The van der Waals surface area contributed by atoms with Gasteiger partial charge in [0.25, 0.3) is 0 Å². The SMILES string of the molecule is CCOCCNC(=NC)NCCCN(CC)c1ccccc1. The molecule has 2 N–H and O–H groups in total. The summed E-state index contributed by atoms with van der Waals surface area (Å²) < 4.78 is 5.30. The van der Waals surface area contributed by atoms with Crippen LogP contribution in [-0.2, 0) is 4.74 Å². The number of para-hydroxylation sites is 1. The molecule has 0 bridgehead atoms. The Morgan fingerprint density at radius 2 is 1.86 bits per heavy atom. The number of guanidine groups is 1. The first kappa shape index (κ1) is 18.3. The molecule has 0 aliphatic heterocycles. The summed E-state index contributed by atoms with van der Waals surface area (Å²) in [5.41, 5.74) is 1.28. The normalized spacial score (nSPS) is 11.3. The molecule has 1 rings (SSSR count). The van der Waals surface area contributed by atoms with Gasteiger partial charge >= 0.3 is 0 Å². The maximum absolute atomic E-state index is 5.30. The number of aliphatic imine (C=N–C) groups is 1. The minimum absolute atomic E-state index is 0.703. The van der Waals surface area contributed by atoms with Gasteiger partial charge in [-0.3, -0.25) is 4.99 Å². The maximum Gasteiger partial charge on any atom is 0.191 e. The molecule has 0 saturated heterocycles. The summed E-state index contributed by atoms with van der Waals surface area (Å²) >= 11 is 0. The van der Waals surface area contributed by atoms with Gasteiger partial charge in [0.15, 0.2) is 5.96 Å². The number of nitrogens with zero attached hydrogens (tertiary/aromatic N) is 2. The topological polar surface area (TPSA) is 48.9 Å². The Bertz CT molecular complexity index is 408. The third-order valence-corrected chi connectivity index (χ3v) is 3.37. The van der Waals surface area contributed by atoms with Crippen molar-refractivity contribution in [2.24, 2.45) is 4.99 Å². The summed E-state index contributed by atoms with van der Waals surface area (Å²) in [6.07, 6.45) is 1.06. The molecule has 0 heterocycles. The van der Waals surface area contributed by atoms with Crippen molar-refractivity contribution in [1.29, 1.82) is 0 Å². The number of hydrogen-bond acceptors (Lipinski definition) is 3. The number of anilines is 1. The van der Waals surface area contributed by atoms with Crippen molar-refractivity contribution in [2.45, 2.75) is 20.3 Å². The molecule has 1 aromatic rings. The Hall–Kier alpha value is -1.75. The van der Waals surface area contributed by atoms with Gasteiger partial charge in [-0.05, 0) is 32.4 Å². The number of ether oxygens (including phenoxy) is 1. The van der Waals surface area contributed by atoms with Crippen LogP contribution in [-0.4, -0.2) is 52.4 Å². The van der Waals surface area contributed by atoms with Crippen molar-refractivity contribution in [3.63, 3.8) is 0 Å². The lowest BCUT2D eigenvalue weighted by atomic mass is 10.2. The molecule has 0 amide bonds. The van der Waals surface area contributed by atoms with Gasteiger partial charge < -0.3 is 20.3 Å². The molecule has 0 aliphatic carbocycles. The summed E-state index contributed by atoms with van der Waals surface area (Å²) in [6.45, 7) is 9.37. The monoisotopic (exact) mass is 306 g/mol. The molecule has 1 aromatic carbocycles. The summed E-state index contributed by atoms with van der Waals surface area (Å²) in [7, 11) is 1.79. The zero-order chi connectivity index (χ0) is 16.0. The number of benzene rings is 1. The lowest BCUT2D eigenvalue weighted by molar-refractivity contribution is 0.152. The summed E-state index contributed by atoms with van der Waals surface area (Å²) in [6, 6.07) is 10.5. The van der Waals surface area contributed by atoms with Gasteiger partial charge in [-0.2, -0.15) is 0 Å². The zero-order valence-electron chi connectivity index (χ0n) is 14.1. The Labute approximate surface area is 134 Å². The van der Waals surface area contributed by atoms with Crippen LogP contribution in [0, 0.1) is 0 Å². The van der Waals surface area contributed by atoms with E-state index >= 15 is 0 Å². The average Bonchev–Trinajstić information content (AvgIpc) is 2.57. The van der Waals surface area contributed by atoms with Crippen LogP contribution < -0.4 is 15.5 Å². The van der Waals surface area contributed by atoms with E-state index in [1.54, 1.807) is 7.05 Å². The van der Waals surface area contributed by atoms with E-state index in [2.05, 4.69) is 57.8 Å². The lowest BCUT2D eigenvalue weighted by Crippen LogP contribution is -2.40. The van der Waals surface area contributed by atoms with Crippen LogP contribution in [0.1, 0.15) is 20.3 Å². The standard InChI is InChI=1S/C17H30N4O/c1-4-21(16-10-7-6-8-11-16)14-9-12-19-17(18-3)20-13-15-22-5-2/h6-8,10-11H,4-5,9,12-15H2,1-3H3,(H2,18,19,20). The van der Waals surface area contributed by atoms with E-state index in [0.29, 0.717) is 6.61 Å². The van der Waals surface area contributed by atoms with Gasteiger partial charge in [0.05, 0.1) is 6.61 Å². The molecular formula is C17H30N4O. The molecule has 0 atom stereocenters. The van der Waals surface area contributed by atoms with Crippen molar-refractivity contribution in [1.82, 2.24) is 10.6 Å². The van der Waals surface area contributed by atoms with Crippen LogP contribution in [0.5, 0.6) is 0 Å². The second-order valence-corrected chi connectivity index (χ2v) is 4.89. The Balaban J connectivity index is 2.22. The first-order chi connectivity index (χ1) is 10.8. The first-order valence-electron chi connectivity index (χ1n) is 8.14. The second-order valence-electron chi connectivity index (χ2n) is 4.89. The molecule has 0 unspecified atom stereocenters. The first-order valence-corrected chi connectivity index (χ1v) is 8.14. The molecule has 124 valence electrons. The Morgan fingerprint density at radius 3 is 2.50 bits per heavy atom. The number of hydrogen-bond donors (Lipinski definition) is 2. The van der Waals surface area contributed by atoms with Crippen LogP contribution in [0.3, 0.4) is 0 Å². The minimum atomic E-state index is 0.703. The van der Waals surface area contributed by atoms with Crippen molar-refractivity contribution in [3.8, 4) is 0 Å². The van der Waals surface area contributed by atoms with Gasteiger partial charge in [-0.15, -0.1) is 0 Å². The highest BCUT2D eigenvalue weighted by atomic mass is 16.5. The summed E-state index contributed by atoms with van der Waals surface area (Å²) in [4.78, 5) is 6.59. The molecule has 0 radical (unpaired) electrons. The van der Waals surface area contributed by atoms with Crippen molar-refractivity contribution in [2.75, 3.05) is 51.3 Å². The minimum Gasteiger partial charge on any atom is -0.380 e. The van der Waals surface area contributed by atoms with Gasteiger partial charge in [-0.25, -0.2) is 0 Å². The van der Waals surface area contributed by atoms with Gasteiger partial charge in [0.2, 0.25) is 0 Å². The fourth-order valence-electron chi connectivity index (χ4n) is 2.19. The van der Waals surface area contributed by atoms with Crippen LogP contribution in [0.25, 0.3) is 0 Å². The van der Waals surface area contributed by atoms with Crippen LogP contribution in [0.15, 0.2) is 35.3 Å². The van der Waals surface area contributed by atoms with Gasteiger partial charge in [0, 0.05) is 45.5 Å². The third kappa shape index (κ3) is 7.31. The van der Waals surface area contributed by atoms with E-state index in [-0.39, 0.29) is 0 Å². The van der Waals surface area contributed by atoms with E-state index in [9.17, 15) is 0 Å². The van der Waals surface area contributed by atoms with E-state index in [1.165, 1.54) is 5.69 Å². The van der Waals surface area contributed by atoms with Crippen molar-refractivity contribution >= 4 is 11.6 Å². The predicted molar refractivity (Wildman–Crippen MR) is 94.8 cm³/mol. The fraction of sp³-hybridized carbons (Fsp3) is 0.588. The van der Waals surface area contributed by atoms with Crippen LogP contribution >= 0.6 is 0 Å². The third-order valence-electron chi connectivity index (χ3n) is 3.37. The summed E-state index contributed by atoms with van der Waals surface area (Å²) in [5.74, 6) is 0.836. The Morgan fingerprint density at radius 1 is 1.14 bits per heavy atom. The number of rotatable bonds is 10. The molecule has 0 aliphatic rings. The van der Waals surface area contributed by atoms with E-state index in [4.69, 9.17) is 4.74 Å². The molecule has 0 saturated carbocycles. The van der Waals surface area contributed by atoms with Crippen LogP contribution in [0.2, 0.25) is 0 Å². The van der Waals surface area contributed by atoms with E-state index < -0.39 is 0 Å². The van der Waals surface area contributed by atoms with Gasteiger partial charge in [0.1, 0.15) is 0 Å². The fourth-order valence-corrected chi connectivity index (χ4v) is 2.19. The highest BCUT2D eigenvalue weighted by Crippen LogP contribution is 2.12. The predicted octanol–water partition coefficient (Wildman–Crippen LogP) is 2.10.